The van der Waals surface area contributed by atoms with Gasteiger partial charge in [0.25, 0.3) is 5.91 Å². The molecule has 2 rings (SSSR count). The molecule has 28 heavy (non-hydrogen) atoms. The van der Waals surface area contributed by atoms with E-state index < -0.39 is 17.7 Å². The van der Waals surface area contributed by atoms with Gasteiger partial charge in [-0.1, -0.05) is 19.9 Å². The Balaban J connectivity index is 2.52. The third-order valence-corrected chi connectivity index (χ3v) is 4.54. The SMILES string of the molecule is CCOc1ccc(C2C(C(=O)CC(C)C)=C(O)C(=O)N2CCOC)cc1OC. The highest BCUT2D eigenvalue weighted by Gasteiger charge is 2.43. The molecule has 0 fully saturated rings. The zero-order valence-electron chi connectivity index (χ0n) is 17.2. The molecule has 1 heterocycles. The van der Waals surface area contributed by atoms with Gasteiger partial charge in [-0.15, -0.1) is 0 Å². The summed E-state index contributed by atoms with van der Waals surface area (Å²) < 4.78 is 16.1. The zero-order valence-corrected chi connectivity index (χ0v) is 17.2. The van der Waals surface area contributed by atoms with Crippen LogP contribution in [0.4, 0.5) is 0 Å². The van der Waals surface area contributed by atoms with Gasteiger partial charge in [0, 0.05) is 20.1 Å². The van der Waals surface area contributed by atoms with Gasteiger partial charge >= 0.3 is 0 Å². The summed E-state index contributed by atoms with van der Waals surface area (Å²) in [7, 11) is 3.07. The Morgan fingerprint density at radius 1 is 1.25 bits per heavy atom. The average Bonchev–Trinajstić information content (AvgIpc) is 2.91. The molecule has 154 valence electrons. The van der Waals surface area contributed by atoms with Gasteiger partial charge in [0.1, 0.15) is 0 Å². The third kappa shape index (κ3) is 4.47. The smallest absolute Gasteiger partial charge is 0.290 e. The Kier molecular flexibility index (Phi) is 7.45. The number of Topliss-reactive ketones (excluding diaryl/α,β-unsaturated/α-hetero) is 1. The molecular formula is C21H29NO6. The van der Waals surface area contributed by atoms with Crippen molar-refractivity contribution >= 4 is 11.7 Å². The highest BCUT2D eigenvalue weighted by molar-refractivity contribution is 6.09. The summed E-state index contributed by atoms with van der Waals surface area (Å²) in [5.74, 6) is -0.114. The van der Waals surface area contributed by atoms with Crippen molar-refractivity contribution in [1.82, 2.24) is 4.90 Å². The number of benzene rings is 1. The summed E-state index contributed by atoms with van der Waals surface area (Å²) in [6.45, 7) is 6.73. The zero-order chi connectivity index (χ0) is 20.8. The molecule has 0 saturated carbocycles. The lowest BCUT2D eigenvalue weighted by Crippen LogP contribution is -2.34. The minimum atomic E-state index is -0.696. The Morgan fingerprint density at radius 3 is 2.54 bits per heavy atom. The van der Waals surface area contributed by atoms with Crippen molar-refractivity contribution in [2.75, 3.05) is 34.0 Å². The number of nitrogens with zero attached hydrogens (tertiary/aromatic N) is 1. The second-order valence-electron chi connectivity index (χ2n) is 7.02. The van der Waals surface area contributed by atoms with E-state index in [9.17, 15) is 14.7 Å². The molecule has 1 aromatic carbocycles. The molecular weight excluding hydrogens is 362 g/mol. The van der Waals surface area contributed by atoms with Crippen LogP contribution in [0.2, 0.25) is 0 Å². The van der Waals surface area contributed by atoms with Crippen LogP contribution in [-0.2, 0) is 14.3 Å². The van der Waals surface area contributed by atoms with E-state index in [2.05, 4.69) is 0 Å². The van der Waals surface area contributed by atoms with E-state index in [1.165, 1.54) is 19.1 Å². The molecule has 1 unspecified atom stereocenters. The fourth-order valence-electron chi connectivity index (χ4n) is 3.32. The number of ketones is 1. The molecule has 1 atom stereocenters. The lowest BCUT2D eigenvalue weighted by atomic mass is 9.92. The predicted molar refractivity (Wildman–Crippen MR) is 105 cm³/mol. The number of carbonyl (C=O) groups is 2. The van der Waals surface area contributed by atoms with Crippen LogP contribution in [0.5, 0.6) is 11.5 Å². The molecule has 0 saturated heterocycles. The van der Waals surface area contributed by atoms with Crippen molar-refractivity contribution in [3.8, 4) is 11.5 Å². The number of aliphatic hydroxyl groups is 1. The Labute approximate surface area is 165 Å². The van der Waals surface area contributed by atoms with Crippen LogP contribution >= 0.6 is 0 Å². The largest absolute Gasteiger partial charge is 0.503 e. The summed E-state index contributed by atoms with van der Waals surface area (Å²) in [5.41, 5.74) is 0.793. The van der Waals surface area contributed by atoms with Crippen molar-refractivity contribution in [1.29, 1.82) is 0 Å². The van der Waals surface area contributed by atoms with Crippen molar-refractivity contribution in [2.24, 2.45) is 5.92 Å². The number of ether oxygens (including phenoxy) is 3. The predicted octanol–water partition coefficient (Wildman–Crippen LogP) is 3.05. The number of aliphatic hydroxyl groups excluding tert-OH is 1. The Morgan fingerprint density at radius 2 is 1.96 bits per heavy atom. The van der Waals surface area contributed by atoms with Crippen LogP contribution in [0.3, 0.4) is 0 Å². The van der Waals surface area contributed by atoms with E-state index in [4.69, 9.17) is 14.2 Å². The summed E-state index contributed by atoms with van der Waals surface area (Å²) >= 11 is 0. The normalized spacial score (nSPS) is 16.9. The molecule has 0 aliphatic carbocycles. The van der Waals surface area contributed by atoms with E-state index in [-0.39, 0.29) is 36.8 Å². The van der Waals surface area contributed by atoms with Gasteiger partial charge in [-0.25, -0.2) is 0 Å². The summed E-state index contributed by atoms with van der Waals surface area (Å²) in [5, 5.41) is 10.5. The van der Waals surface area contributed by atoms with Crippen LogP contribution < -0.4 is 9.47 Å². The van der Waals surface area contributed by atoms with Crippen LogP contribution in [0.1, 0.15) is 38.8 Å². The first-order chi connectivity index (χ1) is 13.3. The maximum atomic E-state index is 12.9. The second kappa shape index (κ2) is 9.59. The first-order valence-electron chi connectivity index (χ1n) is 9.42. The molecule has 0 bridgehead atoms. The molecule has 7 heteroatoms. The molecule has 1 aliphatic heterocycles. The van der Waals surface area contributed by atoms with E-state index in [1.54, 1.807) is 18.2 Å². The minimum Gasteiger partial charge on any atom is -0.503 e. The molecule has 0 aromatic heterocycles. The van der Waals surface area contributed by atoms with Crippen molar-refractivity contribution in [3.63, 3.8) is 0 Å². The third-order valence-electron chi connectivity index (χ3n) is 4.54. The van der Waals surface area contributed by atoms with Gasteiger partial charge in [-0.3, -0.25) is 9.59 Å². The molecule has 1 aromatic rings. The Hall–Kier alpha value is -2.54. The van der Waals surface area contributed by atoms with E-state index in [0.29, 0.717) is 23.7 Å². The minimum absolute atomic E-state index is 0.103. The molecule has 0 radical (unpaired) electrons. The maximum Gasteiger partial charge on any atom is 0.290 e. The number of rotatable bonds is 10. The van der Waals surface area contributed by atoms with Crippen molar-refractivity contribution in [3.05, 3.63) is 35.1 Å². The van der Waals surface area contributed by atoms with Gasteiger partial charge in [0.15, 0.2) is 23.0 Å². The lowest BCUT2D eigenvalue weighted by Gasteiger charge is -2.27. The summed E-state index contributed by atoms with van der Waals surface area (Å²) in [6, 6.07) is 4.58. The summed E-state index contributed by atoms with van der Waals surface area (Å²) in [4.78, 5) is 27.0. The Bertz CT molecular complexity index is 755. The lowest BCUT2D eigenvalue weighted by molar-refractivity contribution is -0.130. The van der Waals surface area contributed by atoms with Crippen LogP contribution in [0.25, 0.3) is 0 Å². The van der Waals surface area contributed by atoms with Crippen LogP contribution in [-0.4, -0.2) is 55.7 Å². The van der Waals surface area contributed by atoms with E-state index in [0.717, 1.165) is 0 Å². The molecule has 1 N–H and O–H groups in total. The topological polar surface area (TPSA) is 85.3 Å². The second-order valence-corrected chi connectivity index (χ2v) is 7.02. The van der Waals surface area contributed by atoms with E-state index >= 15 is 0 Å². The maximum absolute atomic E-state index is 12.9. The van der Waals surface area contributed by atoms with Crippen LogP contribution in [0.15, 0.2) is 29.5 Å². The highest BCUT2D eigenvalue weighted by Crippen LogP contribution is 2.41. The monoisotopic (exact) mass is 391 g/mol. The number of carbonyl (C=O) groups excluding carboxylic acids is 2. The van der Waals surface area contributed by atoms with Gasteiger partial charge in [0.2, 0.25) is 0 Å². The van der Waals surface area contributed by atoms with Gasteiger partial charge in [-0.2, -0.15) is 0 Å². The van der Waals surface area contributed by atoms with Crippen molar-refractivity contribution in [2.45, 2.75) is 33.2 Å². The number of methoxy groups -OCH3 is 2. The fraction of sp³-hybridized carbons (Fsp3) is 0.524. The van der Waals surface area contributed by atoms with Crippen molar-refractivity contribution < 1.29 is 28.9 Å². The van der Waals surface area contributed by atoms with Gasteiger partial charge in [0.05, 0.1) is 31.9 Å². The first kappa shape index (κ1) is 21.8. The molecule has 1 amide bonds. The van der Waals surface area contributed by atoms with E-state index in [1.807, 2.05) is 20.8 Å². The number of hydrogen-bond acceptors (Lipinski definition) is 6. The standard InChI is InChI=1S/C21H29NO6/c1-6-28-16-8-7-14(12-17(16)27-5)19-18(15(23)11-13(2)3)20(24)21(25)22(19)9-10-26-4/h7-8,12-13,19,24H,6,9-11H2,1-5H3. The van der Waals surface area contributed by atoms with Crippen LogP contribution in [0, 0.1) is 5.92 Å². The van der Waals surface area contributed by atoms with Gasteiger partial charge < -0.3 is 24.2 Å². The number of amides is 1. The fourth-order valence-corrected chi connectivity index (χ4v) is 3.32. The average molecular weight is 391 g/mol. The quantitative estimate of drug-likeness (QED) is 0.660. The highest BCUT2D eigenvalue weighted by atomic mass is 16.5. The summed E-state index contributed by atoms with van der Waals surface area (Å²) in [6.07, 6.45) is 0.245. The molecule has 1 aliphatic rings. The molecule has 0 spiro atoms. The number of hydrogen-bond donors (Lipinski definition) is 1. The first-order valence-corrected chi connectivity index (χ1v) is 9.42. The van der Waals surface area contributed by atoms with Gasteiger partial charge in [-0.05, 0) is 30.5 Å². The molecule has 7 nitrogen and oxygen atoms in total.